The summed E-state index contributed by atoms with van der Waals surface area (Å²) in [5.74, 6) is 1.18. The van der Waals surface area contributed by atoms with Crippen LogP contribution < -0.4 is 5.73 Å². The van der Waals surface area contributed by atoms with E-state index in [0.717, 1.165) is 24.1 Å². The summed E-state index contributed by atoms with van der Waals surface area (Å²) in [6, 6.07) is 4.19. The lowest BCUT2D eigenvalue weighted by molar-refractivity contribution is 0.578. The average molecular weight is 268 g/mol. The molecule has 0 bridgehead atoms. The first-order valence-electron chi connectivity index (χ1n) is 7.22. The van der Waals surface area contributed by atoms with Crippen LogP contribution in [0.15, 0.2) is 24.7 Å². The van der Waals surface area contributed by atoms with Crippen molar-refractivity contribution in [1.29, 1.82) is 0 Å². The van der Waals surface area contributed by atoms with Crippen molar-refractivity contribution >= 4 is 5.82 Å². The van der Waals surface area contributed by atoms with E-state index in [1.807, 2.05) is 12.3 Å². The van der Waals surface area contributed by atoms with Gasteiger partial charge in [0.25, 0.3) is 0 Å². The number of nitrogen functional groups attached to an aromatic ring is 1. The van der Waals surface area contributed by atoms with E-state index in [1.54, 1.807) is 6.33 Å². The lowest BCUT2D eigenvalue weighted by Crippen LogP contribution is -2.17. The molecule has 2 heterocycles. The van der Waals surface area contributed by atoms with E-state index in [-0.39, 0.29) is 5.92 Å². The molecule has 4 heteroatoms. The maximum Gasteiger partial charge on any atom is 0.130 e. The van der Waals surface area contributed by atoms with Crippen LogP contribution in [0.1, 0.15) is 61.0 Å². The number of aromatic nitrogens is 3. The fourth-order valence-corrected chi connectivity index (χ4v) is 3.17. The normalized spacial score (nSPS) is 18.1. The van der Waals surface area contributed by atoms with Crippen molar-refractivity contribution in [3.05, 3.63) is 47.2 Å². The Balaban J connectivity index is 2.14. The van der Waals surface area contributed by atoms with Crippen LogP contribution in [0.25, 0.3) is 0 Å². The average Bonchev–Trinajstić information content (AvgIpc) is 2.46. The van der Waals surface area contributed by atoms with Crippen molar-refractivity contribution in [2.45, 2.75) is 44.9 Å². The summed E-state index contributed by atoms with van der Waals surface area (Å²) in [7, 11) is 0. The highest BCUT2D eigenvalue weighted by Crippen LogP contribution is 2.38. The Morgan fingerprint density at radius 3 is 2.85 bits per heavy atom. The van der Waals surface area contributed by atoms with E-state index >= 15 is 0 Å². The predicted octanol–water partition coefficient (Wildman–Crippen LogP) is 3.05. The van der Waals surface area contributed by atoms with Gasteiger partial charge < -0.3 is 5.73 Å². The summed E-state index contributed by atoms with van der Waals surface area (Å²) in [4.78, 5) is 13.3. The third-order valence-corrected chi connectivity index (χ3v) is 4.05. The maximum absolute atomic E-state index is 6.08. The van der Waals surface area contributed by atoms with Gasteiger partial charge in [-0.15, -0.1) is 0 Å². The highest BCUT2D eigenvalue weighted by atomic mass is 14.9. The molecule has 2 aromatic rings. The third kappa shape index (κ3) is 2.15. The smallest absolute Gasteiger partial charge is 0.130 e. The Labute approximate surface area is 119 Å². The fourth-order valence-electron chi connectivity index (χ4n) is 3.17. The molecule has 104 valence electrons. The number of anilines is 1. The molecule has 0 aliphatic heterocycles. The van der Waals surface area contributed by atoms with Gasteiger partial charge in [-0.1, -0.05) is 19.9 Å². The lowest BCUT2D eigenvalue weighted by Gasteiger charge is -2.26. The van der Waals surface area contributed by atoms with E-state index in [9.17, 15) is 0 Å². The standard InChI is InChI=1S/C16H20N4/c1-10(2)13-15(19-9-20-16(13)17)12-7-3-5-11-6-4-8-18-14(11)12/h4,6,8-10,12H,3,5,7H2,1-2H3,(H2,17,19,20). The van der Waals surface area contributed by atoms with E-state index in [2.05, 4.69) is 34.9 Å². The van der Waals surface area contributed by atoms with Gasteiger partial charge >= 0.3 is 0 Å². The second-order valence-electron chi connectivity index (χ2n) is 5.71. The molecule has 2 N–H and O–H groups in total. The number of pyridine rings is 1. The number of aryl methyl sites for hydroxylation is 1. The molecule has 1 unspecified atom stereocenters. The zero-order valence-electron chi connectivity index (χ0n) is 12.0. The van der Waals surface area contributed by atoms with Gasteiger partial charge in [0.1, 0.15) is 12.1 Å². The Kier molecular flexibility index (Phi) is 3.38. The first-order valence-corrected chi connectivity index (χ1v) is 7.22. The molecule has 0 saturated heterocycles. The van der Waals surface area contributed by atoms with E-state index in [1.165, 1.54) is 17.7 Å². The van der Waals surface area contributed by atoms with Crippen molar-refractivity contribution in [3.63, 3.8) is 0 Å². The second-order valence-corrected chi connectivity index (χ2v) is 5.71. The number of fused-ring (bicyclic) bond motifs is 1. The van der Waals surface area contributed by atoms with Gasteiger partial charge in [0.05, 0.1) is 11.4 Å². The molecule has 0 aromatic carbocycles. The predicted molar refractivity (Wildman–Crippen MR) is 79.6 cm³/mol. The topological polar surface area (TPSA) is 64.7 Å². The number of rotatable bonds is 2. The molecule has 2 aromatic heterocycles. The Morgan fingerprint density at radius 1 is 1.20 bits per heavy atom. The molecule has 1 aliphatic carbocycles. The quantitative estimate of drug-likeness (QED) is 0.909. The summed E-state index contributed by atoms with van der Waals surface area (Å²) >= 11 is 0. The van der Waals surface area contributed by atoms with Crippen LogP contribution in [0.4, 0.5) is 5.82 Å². The van der Waals surface area contributed by atoms with Crippen LogP contribution in [-0.2, 0) is 6.42 Å². The van der Waals surface area contributed by atoms with Gasteiger partial charge in [-0.2, -0.15) is 0 Å². The molecule has 0 radical (unpaired) electrons. The van der Waals surface area contributed by atoms with Crippen LogP contribution in [0, 0.1) is 0 Å². The molecule has 0 saturated carbocycles. The molecule has 0 spiro atoms. The number of nitrogens with two attached hydrogens (primary N) is 1. The van der Waals surface area contributed by atoms with Crippen molar-refractivity contribution in [2.24, 2.45) is 0 Å². The molecule has 0 fully saturated rings. The Bertz CT molecular complexity index is 622. The zero-order chi connectivity index (χ0) is 14.1. The van der Waals surface area contributed by atoms with E-state index < -0.39 is 0 Å². The van der Waals surface area contributed by atoms with Crippen LogP contribution >= 0.6 is 0 Å². The number of hydrogen-bond acceptors (Lipinski definition) is 4. The Morgan fingerprint density at radius 2 is 2.05 bits per heavy atom. The minimum Gasteiger partial charge on any atom is -0.383 e. The summed E-state index contributed by atoms with van der Waals surface area (Å²) in [6.45, 7) is 4.28. The minimum absolute atomic E-state index is 0.252. The Hall–Kier alpha value is -1.97. The first kappa shape index (κ1) is 13.0. The number of hydrogen-bond donors (Lipinski definition) is 1. The van der Waals surface area contributed by atoms with Crippen molar-refractivity contribution in [1.82, 2.24) is 15.0 Å². The summed E-state index contributed by atoms with van der Waals surface area (Å²) in [5.41, 5.74) is 10.7. The second kappa shape index (κ2) is 5.19. The molecule has 1 aliphatic rings. The van der Waals surface area contributed by atoms with Gasteiger partial charge in [0.2, 0.25) is 0 Å². The molecular weight excluding hydrogens is 248 g/mol. The van der Waals surface area contributed by atoms with Crippen molar-refractivity contribution < 1.29 is 0 Å². The fraction of sp³-hybridized carbons (Fsp3) is 0.438. The SMILES string of the molecule is CC(C)c1c(N)ncnc1C1CCCc2cccnc21. The molecule has 3 rings (SSSR count). The highest BCUT2D eigenvalue weighted by molar-refractivity contribution is 5.47. The largest absolute Gasteiger partial charge is 0.383 e. The van der Waals surface area contributed by atoms with Crippen LogP contribution in [0.2, 0.25) is 0 Å². The van der Waals surface area contributed by atoms with E-state index in [0.29, 0.717) is 11.7 Å². The van der Waals surface area contributed by atoms with Crippen LogP contribution in [-0.4, -0.2) is 15.0 Å². The number of nitrogens with zero attached hydrogens (tertiary/aromatic N) is 3. The lowest BCUT2D eigenvalue weighted by atomic mass is 9.81. The van der Waals surface area contributed by atoms with Gasteiger partial charge in [0.15, 0.2) is 0 Å². The monoisotopic (exact) mass is 268 g/mol. The van der Waals surface area contributed by atoms with E-state index in [4.69, 9.17) is 5.73 Å². The third-order valence-electron chi connectivity index (χ3n) is 4.05. The summed E-state index contributed by atoms with van der Waals surface area (Å²) < 4.78 is 0. The van der Waals surface area contributed by atoms with Crippen molar-refractivity contribution in [2.75, 3.05) is 5.73 Å². The maximum atomic E-state index is 6.08. The summed E-state index contributed by atoms with van der Waals surface area (Å²) in [6.07, 6.45) is 6.81. The highest BCUT2D eigenvalue weighted by Gasteiger charge is 2.27. The molecular formula is C16H20N4. The minimum atomic E-state index is 0.252. The first-order chi connectivity index (χ1) is 9.68. The van der Waals surface area contributed by atoms with Gasteiger partial charge in [0, 0.05) is 17.7 Å². The molecule has 0 amide bonds. The molecule has 4 nitrogen and oxygen atoms in total. The van der Waals surface area contributed by atoms with Gasteiger partial charge in [-0.25, -0.2) is 9.97 Å². The molecule has 20 heavy (non-hydrogen) atoms. The molecule has 1 atom stereocenters. The van der Waals surface area contributed by atoms with Gasteiger partial charge in [-0.05, 0) is 36.8 Å². The zero-order valence-corrected chi connectivity index (χ0v) is 12.0. The van der Waals surface area contributed by atoms with Crippen LogP contribution in [0.3, 0.4) is 0 Å². The van der Waals surface area contributed by atoms with Crippen LogP contribution in [0.5, 0.6) is 0 Å². The van der Waals surface area contributed by atoms with Gasteiger partial charge in [-0.3, -0.25) is 4.98 Å². The summed E-state index contributed by atoms with van der Waals surface area (Å²) in [5, 5.41) is 0. The van der Waals surface area contributed by atoms with Crippen molar-refractivity contribution in [3.8, 4) is 0 Å².